The van der Waals surface area contributed by atoms with Crippen molar-refractivity contribution in [1.29, 1.82) is 0 Å². The van der Waals surface area contributed by atoms with Gasteiger partial charge in [0.05, 0.1) is 11.6 Å². The molecule has 1 saturated heterocycles. The smallest absolute Gasteiger partial charge is 0.0754 e. The van der Waals surface area contributed by atoms with Gasteiger partial charge in [0.2, 0.25) is 0 Å². The van der Waals surface area contributed by atoms with E-state index in [0.29, 0.717) is 6.10 Å². The maximum Gasteiger partial charge on any atom is 0.0754 e. The number of aromatic nitrogens is 1. The number of fused-ring (bicyclic) bond motifs is 1. The highest BCUT2D eigenvalue weighted by Gasteiger charge is 2.17. The van der Waals surface area contributed by atoms with Gasteiger partial charge in [-0.3, -0.25) is 0 Å². The summed E-state index contributed by atoms with van der Waals surface area (Å²) >= 11 is 0. The maximum atomic E-state index is 5.96. The van der Waals surface area contributed by atoms with E-state index in [9.17, 15) is 0 Å². The third-order valence-corrected chi connectivity index (χ3v) is 3.84. The molecule has 2 aromatic rings. The second-order valence-corrected chi connectivity index (χ2v) is 5.64. The van der Waals surface area contributed by atoms with Crippen LogP contribution in [0.2, 0.25) is 0 Å². The van der Waals surface area contributed by atoms with Gasteiger partial charge in [-0.2, -0.15) is 0 Å². The second-order valence-electron chi connectivity index (χ2n) is 5.64. The normalized spacial score (nSPS) is 21.1. The van der Waals surface area contributed by atoms with Crippen LogP contribution in [0.25, 0.3) is 10.9 Å². The van der Waals surface area contributed by atoms with Gasteiger partial charge in [-0.05, 0) is 43.2 Å². The molecule has 1 aromatic carbocycles. The quantitative estimate of drug-likeness (QED) is 0.916. The SMILES string of the molecule is CC(N)Cc1cccc2ccn(CC3CCCO3)c12. The predicted molar refractivity (Wildman–Crippen MR) is 78.3 cm³/mol. The fourth-order valence-corrected chi connectivity index (χ4v) is 3.01. The molecule has 3 heteroatoms. The fourth-order valence-electron chi connectivity index (χ4n) is 3.01. The first-order valence-electron chi connectivity index (χ1n) is 7.18. The lowest BCUT2D eigenvalue weighted by atomic mass is 10.0. The molecule has 3 rings (SSSR count). The van der Waals surface area contributed by atoms with E-state index in [0.717, 1.165) is 19.6 Å². The van der Waals surface area contributed by atoms with Crippen LogP contribution in [0.4, 0.5) is 0 Å². The molecule has 1 aliphatic rings. The number of rotatable bonds is 4. The molecule has 2 atom stereocenters. The van der Waals surface area contributed by atoms with E-state index in [1.807, 2.05) is 0 Å². The first-order chi connectivity index (χ1) is 9.24. The Morgan fingerprint density at radius 2 is 2.32 bits per heavy atom. The first-order valence-corrected chi connectivity index (χ1v) is 7.18. The lowest BCUT2D eigenvalue weighted by Crippen LogP contribution is -2.19. The molecule has 102 valence electrons. The average Bonchev–Trinajstić information content (AvgIpc) is 3.00. The molecule has 1 aromatic heterocycles. The van der Waals surface area contributed by atoms with Gasteiger partial charge in [-0.15, -0.1) is 0 Å². The van der Waals surface area contributed by atoms with Crippen molar-refractivity contribution in [1.82, 2.24) is 4.57 Å². The van der Waals surface area contributed by atoms with Crippen LogP contribution in [0.5, 0.6) is 0 Å². The number of hydrogen-bond donors (Lipinski definition) is 1. The van der Waals surface area contributed by atoms with Gasteiger partial charge in [0.1, 0.15) is 0 Å². The van der Waals surface area contributed by atoms with Crippen molar-refractivity contribution >= 4 is 10.9 Å². The molecule has 2 heterocycles. The topological polar surface area (TPSA) is 40.2 Å². The number of nitrogens with zero attached hydrogens (tertiary/aromatic N) is 1. The highest BCUT2D eigenvalue weighted by molar-refractivity contribution is 5.83. The zero-order valence-corrected chi connectivity index (χ0v) is 11.5. The highest BCUT2D eigenvalue weighted by Crippen LogP contribution is 2.23. The zero-order chi connectivity index (χ0) is 13.2. The van der Waals surface area contributed by atoms with Gasteiger partial charge in [-0.1, -0.05) is 18.2 Å². The van der Waals surface area contributed by atoms with E-state index in [1.54, 1.807) is 0 Å². The third kappa shape index (κ3) is 2.67. The van der Waals surface area contributed by atoms with Gasteiger partial charge < -0.3 is 15.0 Å². The van der Waals surface area contributed by atoms with Crippen molar-refractivity contribution in [2.45, 2.75) is 44.9 Å². The molecule has 0 saturated carbocycles. The predicted octanol–water partition coefficient (Wildman–Crippen LogP) is 2.71. The summed E-state index contributed by atoms with van der Waals surface area (Å²) in [5.41, 5.74) is 8.64. The number of para-hydroxylation sites is 1. The number of hydrogen-bond acceptors (Lipinski definition) is 2. The Labute approximate surface area is 114 Å². The summed E-state index contributed by atoms with van der Waals surface area (Å²) in [5, 5.41) is 1.30. The van der Waals surface area contributed by atoms with E-state index in [1.165, 1.54) is 29.3 Å². The minimum atomic E-state index is 0.191. The number of ether oxygens (including phenoxy) is 1. The van der Waals surface area contributed by atoms with Crippen LogP contribution in [-0.2, 0) is 17.7 Å². The van der Waals surface area contributed by atoms with Gasteiger partial charge in [0.15, 0.2) is 0 Å². The fraction of sp³-hybridized carbons (Fsp3) is 0.500. The standard InChI is InChI=1S/C16H22N2O/c1-12(17)10-14-5-2-4-13-7-8-18(16(13)14)11-15-6-3-9-19-15/h2,4-5,7-8,12,15H,3,6,9-11,17H2,1H3. The Kier molecular flexibility index (Phi) is 3.58. The van der Waals surface area contributed by atoms with E-state index in [-0.39, 0.29) is 6.04 Å². The zero-order valence-electron chi connectivity index (χ0n) is 11.5. The Bertz CT molecular complexity index is 553. The summed E-state index contributed by atoms with van der Waals surface area (Å²) in [6, 6.07) is 8.87. The molecule has 19 heavy (non-hydrogen) atoms. The van der Waals surface area contributed by atoms with Crippen molar-refractivity contribution in [2.24, 2.45) is 5.73 Å². The minimum absolute atomic E-state index is 0.191. The van der Waals surface area contributed by atoms with Crippen LogP contribution in [0.1, 0.15) is 25.3 Å². The van der Waals surface area contributed by atoms with Crippen LogP contribution in [0, 0.1) is 0 Å². The summed E-state index contributed by atoms with van der Waals surface area (Å²) in [5.74, 6) is 0. The lowest BCUT2D eigenvalue weighted by Gasteiger charge is -2.15. The molecule has 2 unspecified atom stereocenters. The molecule has 1 aliphatic heterocycles. The lowest BCUT2D eigenvalue weighted by molar-refractivity contribution is 0.0980. The molecular formula is C16H22N2O. The Morgan fingerprint density at radius 3 is 3.05 bits per heavy atom. The minimum Gasteiger partial charge on any atom is -0.376 e. The number of nitrogens with two attached hydrogens (primary N) is 1. The molecule has 0 aliphatic carbocycles. The number of benzene rings is 1. The molecular weight excluding hydrogens is 236 g/mol. The summed E-state index contributed by atoms with van der Waals surface area (Å²) in [6.07, 6.45) is 5.84. The van der Waals surface area contributed by atoms with Crippen molar-refractivity contribution in [3.8, 4) is 0 Å². The molecule has 0 bridgehead atoms. The molecule has 0 spiro atoms. The largest absolute Gasteiger partial charge is 0.376 e. The molecule has 0 radical (unpaired) electrons. The average molecular weight is 258 g/mol. The van der Waals surface area contributed by atoms with Gasteiger partial charge in [-0.25, -0.2) is 0 Å². The first kappa shape index (κ1) is 12.7. The van der Waals surface area contributed by atoms with E-state index >= 15 is 0 Å². The van der Waals surface area contributed by atoms with Gasteiger partial charge in [0.25, 0.3) is 0 Å². The third-order valence-electron chi connectivity index (χ3n) is 3.84. The van der Waals surface area contributed by atoms with Crippen molar-refractivity contribution < 1.29 is 4.74 Å². The Morgan fingerprint density at radius 1 is 1.42 bits per heavy atom. The van der Waals surface area contributed by atoms with Crippen molar-refractivity contribution in [2.75, 3.05) is 6.61 Å². The molecule has 0 amide bonds. The monoisotopic (exact) mass is 258 g/mol. The summed E-state index contributed by atoms with van der Waals surface area (Å²) in [7, 11) is 0. The molecule has 3 nitrogen and oxygen atoms in total. The van der Waals surface area contributed by atoms with Crippen LogP contribution < -0.4 is 5.73 Å². The van der Waals surface area contributed by atoms with E-state index < -0.39 is 0 Å². The molecule has 1 fully saturated rings. The van der Waals surface area contributed by atoms with E-state index in [2.05, 4.69) is 42.0 Å². The highest BCUT2D eigenvalue weighted by atomic mass is 16.5. The second kappa shape index (κ2) is 5.35. The summed E-state index contributed by atoms with van der Waals surface area (Å²) in [4.78, 5) is 0. The van der Waals surface area contributed by atoms with Crippen LogP contribution in [-0.4, -0.2) is 23.3 Å². The Hall–Kier alpha value is -1.32. The van der Waals surface area contributed by atoms with Crippen molar-refractivity contribution in [3.05, 3.63) is 36.0 Å². The van der Waals surface area contributed by atoms with Gasteiger partial charge >= 0.3 is 0 Å². The molecule has 2 N–H and O–H groups in total. The Balaban J connectivity index is 1.94. The van der Waals surface area contributed by atoms with Gasteiger partial charge in [0, 0.05) is 25.4 Å². The van der Waals surface area contributed by atoms with Crippen LogP contribution in [0.3, 0.4) is 0 Å². The summed E-state index contributed by atoms with van der Waals surface area (Å²) in [6.45, 7) is 3.93. The van der Waals surface area contributed by atoms with Crippen LogP contribution >= 0.6 is 0 Å². The van der Waals surface area contributed by atoms with Crippen molar-refractivity contribution in [3.63, 3.8) is 0 Å². The van der Waals surface area contributed by atoms with E-state index in [4.69, 9.17) is 10.5 Å². The summed E-state index contributed by atoms with van der Waals surface area (Å²) < 4.78 is 8.09. The maximum absolute atomic E-state index is 5.96. The van der Waals surface area contributed by atoms with Crippen LogP contribution in [0.15, 0.2) is 30.5 Å².